The number of nitrogens with one attached hydrogen (secondary N) is 1. The van der Waals surface area contributed by atoms with E-state index in [0.29, 0.717) is 6.42 Å². The summed E-state index contributed by atoms with van der Waals surface area (Å²) in [6, 6.07) is 7.81. The molecule has 0 bridgehead atoms. The Labute approximate surface area is 121 Å². The van der Waals surface area contributed by atoms with Gasteiger partial charge in [-0.2, -0.15) is 0 Å². The van der Waals surface area contributed by atoms with Gasteiger partial charge in [0.2, 0.25) is 5.91 Å². The smallest absolute Gasteiger partial charge is 0.224 e. The van der Waals surface area contributed by atoms with E-state index in [2.05, 4.69) is 12.2 Å². The number of anilines is 1. The Bertz CT molecular complexity index is 521. The molecular formula is C15H23NO3S. The quantitative estimate of drug-likeness (QED) is 0.802. The SMILES string of the molecule is CCCCc1ccc(NC(=O)CCCS(C)(=O)=O)cc1. The van der Waals surface area contributed by atoms with Crippen LogP contribution in [-0.2, 0) is 21.1 Å². The van der Waals surface area contributed by atoms with E-state index in [0.717, 1.165) is 18.5 Å². The molecule has 112 valence electrons. The maximum absolute atomic E-state index is 11.6. The average molecular weight is 297 g/mol. The van der Waals surface area contributed by atoms with Crippen molar-refractivity contribution in [1.82, 2.24) is 0 Å². The summed E-state index contributed by atoms with van der Waals surface area (Å²) >= 11 is 0. The summed E-state index contributed by atoms with van der Waals surface area (Å²) in [5, 5.41) is 2.78. The first-order valence-electron chi connectivity index (χ1n) is 6.97. The van der Waals surface area contributed by atoms with Gasteiger partial charge in [0.1, 0.15) is 9.84 Å². The van der Waals surface area contributed by atoms with Crippen LogP contribution in [0.3, 0.4) is 0 Å². The molecule has 0 heterocycles. The maximum Gasteiger partial charge on any atom is 0.224 e. The number of aryl methyl sites for hydroxylation is 1. The molecule has 1 rings (SSSR count). The number of carbonyl (C=O) groups excluding carboxylic acids is 1. The Kier molecular flexibility index (Phi) is 6.71. The van der Waals surface area contributed by atoms with Crippen molar-refractivity contribution < 1.29 is 13.2 Å². The van der Waals surface area contributed by atoms with Crippen molar-refractivity contribution in [3.63, 3.8) is 0 Å². The van der Waals surface area contributed by atoms with E-state index >= 15 is 0 Å². The van der Waals surface area contributed by atoms with E-state index in [9.17, 15) is 13.2 Å². The van der Waals surface area contributed by atoms with Gasteiger partial charge < -0.3 is 5.32 Å². The molecule has 0 aromatic heterocycles. The van der Waals surface area contributed by atoms with E-state index in [1.54, 1.807) is 0 Å². The number of rotatable bonds is 8. The second-order valence-corrected chi connectivity index (χ2v) is 7.34. The molecule has 0 aliphatic heterocycles. The summed E-state index contributed by atoms with van der Waals surface area (Å²) < 4.78 is 21.9. The Hall–Kier alpha value is -1.36. The summed E-state index contributed by atoms with van der Waals surface area (Å²) in [5.74, 6) is -0.0916. The van der Waals surface area contributed by atoms with E-state index in [4.69, 9.17) is 0 Å². The van der Waals surface area contributed by atoms with Crippen LogP contribution in [0.2, 0.25) is 0 Å². The zero-order valence-corrected chi connectivity index (χ0v) is 13.0. The molecule has 0 spiro atoms. The number of sulfone groups is 1. The van der Waals surface area contributed by atoms with Gasteiger partial charge in [0.15, 0.2) is 0 Å². The average Bonchev–Trinajstić information content (AvgIpc) is 2.36. The maximum atomic E-state index is 11.6. The molecule has 0 radical (unpaired) electrons. The fourth-order valence-corrected chi connectivity index (χ4v) is 2.52. The molecule has 1 aromatic rings. The van der Waals surface area contributed by atoms with Gasteiger partial charge in [-0.1, -0.05) is 25.5 Å². The molecule has 1 amide bonds. The molecular weight excluding hydrogens is 274 g/mol. The van der Waals surface area contributed by atoms with Gasteiger partial charge in [0.25, 0.3) is 0 Å². The largest absolute Gasteiger partial charge is 0.326 e. The first-order valence-corrected chi connectivity index (χ1v) is 9.03. The fourth-order valence-electron chi connectivity index (χ4n) is 1.85. The van der Waals surface area contributed by atoms with Crippen LogP contribution in [-0.4, -0.2) is 26.3 Å². The molecule has 0 saturated carbocycles. The second kappa shape index (κ2) is 8.04. The van der Waals surface area contributed by atoms with Crippen LogP contribution < -0.4 is 5.32 Å². The standard InChI is InChI=1S/C15H23NO3S/c1-3-4-6-13-8-10-14(11-9-13)16-15(17)7-5-12-20(2,18)19/h8-11H,3-7,12H2,1-2H3,(H,16,17). The molecule has 20 heavy (non-hydrogen) atoms. The van der Waals surface area contributed by atoms with Gasteiger partial charge in [-0.05, 0) is 37.0 Å². The van der Waals surface area contributed by atoms with Gasteiger partial charge in [-0.25, -0.2) is 8.42 Å². The number of benzene rings is 1. The van der Waals surface area contributed by atoms with Crippen LogP contribution in [0.25, 0.3) is 0 Å². The molecule has 0 unspecified atom stereocenters. The minimum Gasteiger partial charge on any atom is -0.326 e. The van der Waals surface area contributed by atoms with Gasteiger partial charge in [0, 0.05) is 18.4 Å². The Morgan fingerprint density at radius 3 is 2.35 bits per heavy atom. The monoisotopic (exact) mass is 297 g/mol. The predicted octanol–water partition coefficient (Wildman–Crippen LogP) is 2.79. The highest BCUT2D eigenvalue weighted by Crippen LogP contribution is 2.12. The van der Waals surface area contributed by atoms with Crippen LogP contribution in [0.4, 0.5) is 5.69 Å². The van der Waals surface area contributed by atoms with Crippen molar-refractivity contribution in [2.75, 3.05) is 17.3 Å². The lowest BCUT2D eigenvalue weighted by molar-refractivity contribution is -0.116. The lowest BCUT2D eigenvalue weighted by Gasteiger charge is -2.06. The van der Waals surface area contributed by atoms with Crippen molar-refractivity contribution in [1.29, 1.82) is 0 Å². The first kappa shape index (κ1) is 16.7. The van der Waals surface area contributed by atoms with Gasteiger partial charge in [-0.15, -0.1) is 0 Å². The molecule has 4 nitrogen and oxygen atoms in total. The fraction of sp³-hybridized carbons (Fsp3) is 0.533. The van der Waals surface area contributed by atoms with Gasteiger partial charge in [-0.3, -0.25) is 4.79 Å². The third-order valence-electron chi connectivity index (χ3n) is 2.98. The van der Waals surface area contributed by atoms with Gasteiger partial charge >= 0.3 is 0 Å². The highest BCUT2D eigenvalue weighted by Gasteiger charge is 2.06. The van der Waals surface area contributed by atoms with Crippen LogP contribution in [0.5, 0.6) is 0 Å². The van der Waals surface area contributed by atoms with E-state index in [1.807, 2.05) is 24.3 Å². The number of hydrogen-bond donors (Lipinski definition) is 1. The number of unbranched alkanes of at least 4 members (excludes halogenated alkanes) is 1. The van der Waals surface area contributed by atoms with Gasteiger partial charge in [0.05, 0.1) is 5.75 Å². The molecule has 1 N–H and O–H groups in total. The van der Waals surface area contributed by atoms with Crippen molar-refractivity contribution in [2.24, 2.45) is 0 Å². The molecule has 0 atom stereocenters. The highest BCUT2D eigenvalue weighted by molar-refractivity contribution is 7.90. The molecule has 0 aliphatic carbocycles. The highest BCUT2D eigenvalue weighted by atomic mass is 32.2. The Balaban J connectivity index is 2.38. The molecule has 0 aliphatic rings. The number of carbonyl (C=O) groups is 1. The molecule has 5 heteroatoms. The third kappa shape index (κ3) is 7.28. The number of amides is 1. The van der Waals surface area contributed by atoms with Crippen LogP contribution in [0, 0.1) is 0 Å². The van der Waals surface area contributed by atoms with Crippen LogP contribution in [0.1, 0.15) is 38.2 Å². The predicted molar refractivity (Wildman–Crippen MR) is 82.6 cm³/mol. The van der Waals surface area contributed by atoms with Crippen LogP contribution in [0.15, 0.2) is 24.3 Å². The van der Waals surface area contributed by atoms with E-state index in [-0.39, 0.29) is 18.1 Å². The lowest BCUT2D eigenvalue weighted by atomic mass is 10.1. The lowest BCUT2D eigenvalue weighted by Crippen LogP contribution is -2.13. The zero-order chi connectivity index (χ0) is 15.0. The second-order valence-electron chi connectivity index (χ2n) is 5.08. The normalized spacial score (nSPS) is 11.3. The van der Waals surface area contributed by atoms with Crippen molar-refractivity contribution >= 4 is 21.4 Å². The molecule has 0 fully saturated rings. The minimum absolute atomic E-state index is 0.0520. The van der Waals surface area contributed by atoms with E-state index < -0.39 is 9.84 Å². The third-order valence-corrected chi connectivity index (χ3v) is 4.01. The summed E-state index contributed by atoms with van der Waals surface area (Å²) in [7, 11) is -2.99. The molecule has 1 aromatic carbocycles. The minimum atomic E-state index is -2.99. The topological polar surface area (TPSA) is 63.2 Å². The number of hydrogen-bond acceptors (Lipinski definition) is 3. The van der Waals surface area contributed by atoms with Crippen molar-refractivity contribution in [3.05, 3.63) is 29.8 Å². The van der Waals surface area contributed by atoms with E-state index in [1.165, 1.54) is 18.2 Å². The summed E-state index contributed by atoms with van der Waals surface area (Å²) in [6.45, 7) is 2.16. The molecule has 0 saturated heterocycles. The summed E-state index contributed by atoms with van der Waals surface area (Å²) in [6.07, 6.45) is 5.15. The Morgan fingerprint density at radius 2 is 1.80 bits per heavy atom. The summed E-state index contributed by atoms with van der Waals surface area (Å²) in [5.41, 5.74) is 2.02. The van der Waals surface area contributed by atoms with Crippen molar-refractivity contribution in [2.45, 2.75) is 39.0 Å². The van der Waals surface area contributed by atoms with Crippen LogP contribution >= 0.6 is 0 Å². The Morgan fingerprint density at radius 1 is 1.15 bits per heavy atom. The zero-order valence-electron chi connectivity index (χ0n) is 12.2. The van der Waals surface area contributed by atoms with Crippen molar-refractivity contribution in [3.8, 4) is 0 Å². The summed E-state index contributed by atoms with van der Waals surface area (Å²) in [4.78, 5) is 11.6. The first-order chi connectivity index (χ1) is 9.40.